The molecule has 0 aliphatic heterocycles. The van der Waals surface area contributed by atoms with Crippen molar-refractivity contribution in [1.82, 2.24) is 0 Å². The zero-order valence-corrected chi connectivity index (χ0v) is 15.2. The van der Waals surface area contributed by atoms with Gasteiger partial charge in [-0.2, -0.15) is 0 Å². The van der Waals surface area contributed by atoms with Gasteiger partial charge in [0.25, 0.3) is 0 Å². The molecule has 0 rings (SSSR count). The minimum Gasteiger partial charge on any atom is -0.481 e. The third-order valence-corrected chi connectivity index (χ3v) is 3.99. The lowest BCUT2D eigenvalue weighted by atomic mass is 10.1. The van der Waals surface area contributed by atoms with E-state index in [1.807, 2.05) is 0 Å². The molecule has 1 atom stereocenters. The molecule has 24 heavy (non-hydrogen) atoms. The summed E-state index contributed by atoms with van der Waals surface area (Å²) in [6.45, 7) is 2.17. The molecule has 140 valence electrons. The van der Waals surface area contributed by atoms with Crippen LogP contribution in [0.5, 0.6) is 0 Å². The second-order valence-electron chi connectivity index (χ2n) is 6.32. The van der Waals surface area contributed by atoms with Gasteiger partial charge in [0.1, 0.15) is 6.10 Å². The van der Waals surface area contributed by atoms with Gasteiger partial charge in [0.05, 0.1) is 0 Å². The summed E-state index contributed by atoms with van der Waals surface area (Å²) in [5.41, 5.74) is 5.13. The first-order valence-electron chi connectivity index (χ1n) is 9.39. The molecule has 0 saturated heterocycles. The lowest BCUT2D eigenvalue weighted by molar-refractivity contribution is -0.137. The molecule has 1 amide bonds. The topological polar surface area (TPSA) is 89.6 Å². The smallest absolute Gasteiger partial charge is 0.404 e. The number of primary amides is 1. The Balaban J connectivity index is 3.69. The van der Waals surface area contributed by atoms with Gasteiger partial charge in [-0.1, -0.05) is 57.6 Å². The monoisotopic (exact) mass is 341 g/mol. The van der Waals surface area contributed by atoms with Gasteiger partial charge in [0.2, 0.25) is 0 Å². The first-order valence-corrected chi connectivity index (χ1v) is 9.39. The van der Waals surface area contributed by atoms with Crippen LogP contribution in [-0.4, -0.2) is 23.3 Å². The zero-order valence-electron chi connectivity index (χ0n) is 15.2. The van der Waals surface area contributed by atoms with Crippen LogP contribution in [0.25, 0.3) is 0 Å². The van der Waals surface area contributed by atoms with Gasteiger partial charge >= 0.3 is 12.1 Å². The van der Waals surface area contributed by atoms with Crippen LogP contribution in [0.2, 0.25) is 0 Å². The van der Waals surface area contributed by atoms with Crippen molar-refractivity contribution in [3.63, 3.8) is 0 Å². The van der Waals surface area contributed by atoms with Crippen LogP contribution < -0.4 is 5.73 Å². The maximum atomic E-state index is 10.9. The maximum absolute atomic E-state index is 10.9. The summed E-state index contributed by atoms with van der Waals surface area (Å²) in [6, 6.07) is 0. The fourth-order valence-electron chi connectivity index (χ4n) is 2.62. The molecule has 0 aromatic carbocycles. The number of ether oxygens (including phenoxy) is 1. The van der Waals surface area contributed by atoms with E-state index in [9.17, 15) is 9.59 Å². The van der Waals surface area contributed by atoms with Crippen LogP contribution >= 0.6 is 0 Å². The van der Waals surface area contributed by atoms with Gasteiger partial charge in [-0.25, -0.2) is 4.79 Å². The van der Waals surface area contributed by atoms with Crippen LogP contribution in [0.15, 0.2) is 12.2 Å². The standard InChI is InChI=1S/C19H35NO4/c1-2-3-4-11-14-17(24-19(20)23)15-12-9-7-5-6-8-10-13-16-18(21)22/h9,12,17H,2-8,10-11,13-16H2,1H3,(H2,20,23)(H,21,22). The molecule has 0 spiro atoms. The van der Waals surface area contributed by atoms with E-state index in [0.717, 1.165) is 57.8 Å². The molecule has 0 aromatic heterocycles. The number of allylic oxidation sites excluding steroid dienone is 1. The number of carbonyl (C=O) groups excluding carboxylic acids is 1. The fourth-order valence-corrected chi connectivity index (χ4v) is 2.62. The average Bonchev–Trinajstić information content (AvgIpc) is 2.52. The number of rotatable bonds is 16. The number of hydrogen-bond donors (Lipinski definition) is 2. The van der Waals surface area contributed by atoms with Crippen molar-refractivity contribution in [2.45, 2.75) is 96.5 Å². The number of carboxylic acids is 1. The van der Waals surface area contributed by atoms with E-state index in [0.29, 0.717) is 0 Å². The van der Waals surface area contributed by atoms with E-state index in [1.165, 1.54) is 19.3 Å². The van der Waals surface area contributed by atoms with Crippen molar-refractivity contribution in [1.29, 1.82) is 0 Å². The number of unbranched alkanes of at least 4 members (excludes halogenated alkanes) is 8. The Bertz CT molecular complexity index is 355. The number of carbonyl (C=O) groups is 2. The number of hydrogen-bond acceptors (Lipinski definition) is 3. The normalized spacial score (nSPS) is 12.4. The van der Waals surface area contributed by atoms with Crippen LogP contribution in [0, 0.1) is 0 Å². The zero-order chi connectivity index (χ0) is 18.0. The molecule has 0 fully saturated rings. The Morgan fingerprint density at radius 1 is 1.00 bits per heavy atom. The van der Waals surface area contributed by atoms with Crippen LogP contribution in [0.4, 0.5) is 4.79 Å². The van der Waals surface area contributed by atoms with Gasteiger partial charge in [0.15, 0.2) is 0 Å². The highest BCUT2D eigenvalue weighted by Crippen LogP contribution is 2.13. The molecular formula is C19H35NO4. The molecule has 0 radical (unpaired) electrons. The van der Waals surface area contributed by atoms with Crippen molar-refractivity contribution in [2.75, 3.05) is 0 Å². The molecule has 0 aliphatic rings. The van der Waals surface area contributed by atoms with Gasteiger partial charge in [-0.3, -0.25) is 4.79 Å². The lowest BCUT2D eigenvalue weighted by Gasteiger charge is -2.14. The SMILES string of the molecule is CCCCCCC(CC=CCCCCCCCC(=O)O)OC(N)=O. The fraction of sp³-hybridized carbons (Fsp3) is 0.789. The van der Waals surface area contributed by atoms with Crippen molar-refractivity contribution in [2.24, 2.45) is 5.73 Å². The molecule has 5 heteroatoms. The molecule has 0 heterocycles. The van der Waals surface area contributed by atoms with E-state index in [2.05, 4.69) is 19.1 Å². The number of aliphatic carboxylic acids is 1. The highest BCUT2D eigenvalue weighted by molar-refractivity contribution is 5.66. The lowest BCUT2D eigenvalue weighted by Crippen LogP contribution is -2.22. The predicted octanol–water partition coefficient (Wildman–Crippen LogP) is 5.18. The summed E-state index contributed by atoms with van der Waals surface area (Å²) in [5.74, 6) is -0.708. The Hall–Kier alpha value is -1.52. The van der Waals surface area contributed by atoms with Crippen LogP contribution in [-0.2, 0) is 9.53 Å². The summed E-state index contributed by atoms with van der Waals surface area (Å²) in [7, 11) is 0. The van der Waals surface area contributed by atoms with E-state index >= 15 is 0 Å². The molecule has 0 bridgehead atoms. The predicted molar refractivity (Wildman–Crippen MR) is 96.9 cm³/mol. The molecule has 1 unspecified atom stereocenters. The number of carboxylic acid groups (broad SMARTS) is 1. The van der Waals surface area contributed by atoms with E-state index < -0.39 is 12.1 Å². The Labute approximate surface area is 146 Å². The Kier molecular flexibility index (Phi) is 15.3. The minimum atomic E-state index is -0.708. The highest BCUT2D eigenvalue weighted by Gasteiger charge is 2.10. The summed E-state index contributed by atoms with van der Waals surface area (Å²) in [4.78, 5) is 21.3. The van der Waals surface area contributed by atoms with Gasteiger partial charge in [-0.15, -0.1) is 0 Å². The van der Waals surface area contributed by atoms with Crippen molar-refractivity contribution in [3.05, 3.63) is 12.2 Å². The number of amides is 1. The summed E-state index contributed by atoms with van der Waals surface area (Å²) >= 11 is 0. The largest absolute Gasteiger partial charge is 0.481 e. The molecule has 3 N–H and O–H groups in total. The Morgan fingerprint density at radius 3 is 2.33 bits per heavy atom. The minimum absolute atomic E-state index is 0.105. The third-order valence-electron chi connectivity index (χ3n) is 3.99. The van der Waals surface area contributed by atoms with Gasteiger partial charge in [-0.05, 0) is 32.1 Å². The molecule has 0 saturated carbocycles. The second kappa shape index (κ2) is 16.3. The van der Waals surface area contributed by atoms with Crippen molar-refractivity contribution < 1.29 is 19.4 Å². The Morgan fingerprint density at radius 2 is 1.67 bits per heavy atom. The summed E-state index contributed by atoms with van der Waals surface area (Å²) in [6.07, 6.45) is 16.0. The molecule has 0 aliphatic carbocycles. The van der Waals surface area contributed by atoms with Crippen molar-refractivity contribution in [3.8, 4) is 0 Å². The van der Waals surface area contributed by atoms with Gasteiger partial charge in [0, 0.05) is 12.8 Å². The first-order chi connectivity index (χ1) is 11.6. The maximum Gasteiger partial charge on any atom is 0.404 e. The summed E-state index contributed by atoms with van der Waals surface area (Å²) < 4.78 is 5.16. The van der Waals surface area contributed by atoms with Crippen LogP contribution in [0.1, 0.15) is 90.4 Å². The molecule has 5 nitrogen and oxygen atoms in total. The van der Waals surface area contributed by atoms with Gasteiger partial charge < -0.3 is 15.6 Å². The van der Waals surface area contributed by atoms with Crippen LogP contribution in [0.3, 0.4) is 0 Å². The highest BCUT2D eigenvalue weighted by atomic mass is 16.6. The summed E-state index contributed by atoms with van der Waals surface area (Å²) in [5, 5.41) is 8.55. The number of nitrogens with two attached hydrogens (primary N) is 1. The quantitative estimate of drug-likeness (QED) is 0.299. The van der Waals surface area contributed by atoms with E-state index in [-0.39, 0.29) is 12.5 Å². The molecular weight excluding hydrogens is 306 g/mol. The van der Waals surface area contributed by atoms with E-state index in [4.69, 9.17) is 15.6 Å². The molecule has 0 aromatic rings. The van der Waals surface area contributed by atoms with Crippen molar-refractivity contribution >= 4 is 12.1 Å². The third kappa shape index (κ3) is 16.8. The second-order valence-corrected chi connectivity index (χ2v) is 6.32. The average molecular weight is 341 g/mol. The van der Waals surface area contributed by atoms with E-state index in [1.54, 1.807) is 0 Å². The first kappa shape index (κ1) is 22.5.